The molecule has 2 aromatic rings. The van der Waals surface area contributed by atoms with Gasteiger partial charge in [-0.15, -0.1) is 16.4 Å². The molecule has 0 amide bonds. The first kappa shape index (κ1) is 11.8. The lowest BCUT2D eigenvalue weighted by atomic mass is 9.97. The lowest BCUT2D eigenvalue weighted by Crippen LogP contribution is -2.26. The monoisotopic (exact) mass is 265 g/mol. The molecule has 0 bridgehead atoms. The van der Waals surface area contributed by atoms with Crippen molar-refractivity contribution in [2.24, 2.45) is 0 Å². The summed E-state index contributed by atoms with van der Waals surface area (Å²) in [6.07, 6.45) is 4.46. The number of ether oxygens (including phenoxy) is 1. The molecule has 6 heteroatoms. The van der Waals surface area contributed by atoms with E-state index in [9.17, 15) is 4.79 Å². The smallest absolute Gasteiger partial charge is 0.278 e. The van der Waals surface area contributed by atoms with Gasteiger partial charge in [-0.1, -0.05) is 5.21 Å². The predicted octanol–water partition coefficient (Wildman–Crippen LogP) is 1.38. The van der Waals surface area contributed by atoms with Crippen LogP contribution in [0.15, 0.2) is 4.79 Å². The fraction of sp³-hybridized carbons (Fsp3) is 0.583. The van der Waals surface area contributed by atoms with Crippen molar-refractivity contribution in [3.63, 3.8) is 0 Å². The van der Waals surface area contributed by atoms with Crippen molar-refractivity contribution in [2.45, 2.75) is 32.2 Å². The summed E-state index contributed by atoms with van der Waals surface area (Å²) in [6.45, 7) is 0.940. The highest BCUT2D eigenvalue weighted by Gasteiger charge is 2.20. The summed E-state index contributed by atoms with van der Waals surface area (Å²) in [4.78, 5) is 14.5. The molecular formula is C12H15N3O2S. The van der Waals surface area contributed by atoms with E-state index in [1.165, 1.54) is 28.0 Å². The first-order chi connectivity index (χ1) is 8.81. The summed E-state index contributed by atoms with van der Waals surface area (Å²) in [6, 6.07) is 0. The van der Waals surface area contributed by atoms with Crippen molar-refractivity contribution in [1.29, 1.82) is 0 Å². The van der Waals surface area contributed by atoms with Crippen LogP contribution in [0.3, 0.4) is 0 Å². The Labute approximate surface area is 108 Å². The summed E-state index contributed by atoms with van der Waals surface area (Å²) in [5.74, 6) is 0. The Hall–Kier alpha value is -1.27. The minimum atomic E-state index is -0.0172. The second-order valence-electron chi connectivity index (χ2n) is 4.50. The fourth-order valence-electron chi connectivity index (χ4n) is 2.43. The highest BCUT2D eigenvalue weighted by atomic mass is 32.1. The van der Waals surface area contributed by atoms with E-state index in [0.29, 0.717) is 13.2 Å². The Balaban J connectivity index is 2.15. The molecule has 0 spiro atoms. The van der Waals surface area contributed by atoms with Crippen LogP contribution in [0.4, 0.5) is 0 Å². The predicted molar refractivity (Wildman–Crippen MR) is 70.2 cm³/mol. The number of hydrogen-bond donors (Lipinski definition) is 0. The molecule has 0 fully saturated rings. The van der Waals surface area contributed by atoms with Gasteiger partial charge in [0.2, 0.25) is 0 Å². The van der Waals surface area contributed by atoms with E-state index in [1.807, 2.05) is 0 Å². The van der Waals surface area contributed by atoms with Crippen molar-refractivity contribution in [3.05, 3.63) is 20.8 Å². The maximum Gasteiger partial charge on any atom is 0.278 e. The van der Waals surface area contributed by atoms with E-state index in [-0.39, 0.29) is 5.56 Å². The van der Waals surface area contributed by atoms with Gasteiger partial charge >= 0.3 is 0 Å². The van der Waals surface area contributed by atoms with Gasteiger partial charge in [0.15, 0.2) is 4.83 Å². The van der Waals surface area contributed by atoms with E-state index in [4.69, 9.17) is 4.74 Å². The Kier molecular flexibility index (Phi) is 3.13. The summed E-state index contributed by atoms with van der Waals surface area (Å²) < 4.78 is 6.39. The van der Waals surface area contributed by atoms with E-state index >= 15 is 0 Å². The van der Waals surface area contributed by atoms with Gasteiger partial charge in [0.1, 0.15) is 0 Å². The van der Waals surface area contributed by atoms with E-state index in [0.717, 1.165) is 23.1 Å². The van der Waals surface area contributed by atoms with Gasteiger partial charge in [-0.2, -0.15) is 0 Å². The van der Waals surface area contributed by atoms with Crippen LogP contribution in [0.1, 0.15) is 23.3 Å². The molecule has 3 rings (SSSR count). The summed E-state index contributed by atoms with van der Waals surface area (Å²) in [7, 11) is 1.61. The van der Waals surface area contributed by atoms with Gasteiger partial charge in [0, 0.05) is 12.0 Å². The minimum absolute atomic E-state index is 0.0172. The third-order valence-electron chi connectivity index (χ3n) is 3.35. The Morgan fingerprint density at radius 3 is 3.06 bits per heavy atom. The molecule has 0 saturated carbocycles. The van der Waals surface area contributed by atoms with Gasteiger partial charge in [0.05, 0.1) is 18.5 Å². The molecule has 0 saturated heterocycles. The molecule has 1 aliphatic rings. The van der Waals surface area contributed by atoms with E-state index < -0.39 is 0 Å². The zero-order chi connectivity index (χ0) is 12.5. The molecule has 96 valence electrons. The Bertz CT molecular complexity index is 632. The zero-order valence-electron chi connectivity index (χ0n) is 10.3. The zero-order valence-corrected chi connectivity index (χ0v) is 11.1. The quantitative estimate of drug-likeness (QED) is 0.841. The molecule has 2 heterocycles. The summed E-state index contributed by atoms with van der Waals surface area (Å²) in [5.41, 5.74) is 1.20. The number of nitrogens with zero attached hydrogens (tertiary/aromatic N) is 3. The van der Waals surface area contributed by atoms with Crippen LogP contribution in [-0.4, -0.2) is 28.7 Å². The number of rotatable bonds is 3. The normalized spacial score (nSPS) is 14.9. The molecule has 0 radical (unpaired) electrons. The van der Waals surface area contributed by atoms with Crippen LogP contribution < -0.4 is 5.56 Å². The third kappa shape index (κ3) is 1.85. The van der Waals surface area contributed by atoms with Crippen molar-refractivity contribution in [2.75, 3.05) is 13.7 Å². The van der Waals surface area contributed by atoms with Crippen molar-refractivity contribution >= 4 is 21.6 Å². The number of hydrogen-bond acceptors (Lipinski definition) is 5. The van der Waals surface area contributed by atoms with Gasteiger partial charge in [-0.3, -0.25) is 4.79 Å². The molecule has 2 aromatic heterocycles. The molecule has 0 atom stereocenters. The Morgan fingerprint density at radius 1 is 1.39 bits per heavy atom. The van der Waals surface area contributed by atoms with Crippen molar-refractivity contribution in [3.8, 4) is 0 Å². The van der Waals surface area contributed by atoms with Crippen LogP contribution in [0.5, 0.6) is 0 Å². The molecular weight excluding hydrogens is 250 g/mol. The number of aromatic nitrogens is 3. The topological polar surface area (TPSA) is 57.0 Å². The number of aryl methyl sites for hydroxylation is 2. The van der Waals surface area contributed by atoms with Gasteiger partial charge in [-0.05, 0) is 31.2 Å². The fourth-order valence-corrected chi connectivity index (χ4v) is 3.63. The van der Waals surface area contributed by atoms with Crippen LogP contribution >= 0.6 is 11.3 Å². The van der Waals surface area contributed by atoms with Crippen LogP contribution in [0, 0.1) is 0 Å². The molecule has 5 nitrogen and oxygen atoms in total. The minimum Gasteiger partial charge on any atom is -0.383 e. The van der Waals surface area contributed by atoms with Gasteiger partial charge < -0.3 is 4.74 Å². The van der Waals surface area contributed by atoms with Crippen LogP contribution in [0.2, 0.25) is 0 Å². The summed E-state index contributed by atoms with van der Waals surface area (Å²) in [5, 5.41) is 8.94. The van der Waals surface area contributed by atoms with Crippen LogP contribution in [0.25, 0.3) is 10.2 Å². The largest absolute Gasteiger partial charge is 0.383 e. The van der Waals surface area contributed by atoms with Gasteiger partial charge in [-0.25, -0.2) is 4.68 Å². The molecule has 0 aliphatic heterocycles. The molecule has 0 unspecified atom stereocenters. The van der Waals surface area contributed by atoms with E-state index in [1.54, 1.807) is 18.4 Å². The standard InChI is InChI=1S/C12H15N3O2S/c1-17-7-6-15-12(16)10-8-4-2-3-5-9(8)18-11(10)13-14-15/h2-7H2,1H3. The molecule has 18 heavy (non-hydrogen) atoms. The maximum absolute atomic E-state index is 12.4. The number of methoxy groups -OCH3 is 1. The van der Waals surface area contributed by atoms with Crippen LogP contribution in [-0.2, 0) is 24.1 Å². The second-order valence-corrected chi connectivity index (χ2v) is 5.59. The first-order valence-corrected chi connectivity index (χ1v) is 7.00. The van der Waals surface area contributed by atoms with Gasteiger partial charge in [0.25, 0.3) is 5.56 Å². The molecule has 1 aliphatic carbocycles. The first-order valence-electron chi connectivity index (χ1n) is 6.18. The van der Waals surface area contributed by atoms with E-state index in [2.05, 4.69) is 10.3 Å². The maximum atomic E-state index is 12.4. The molecule has 0 N–H and O–H groups in total. The number of fused-ring (bicyclic) bond motifs is 3. The highest BCUT2D eigenvalue weighted by Crippen LogP contribution is 2.32. The SMILES string of the molecule is COCCn1nnc2sc3c(c2c1=O)CCCC3. The van der Waals surface area contributed by atoms with Crippen molar-refractivity contribution < 1.29 is 4.74 Å². The second kappa shape index (κ2) is 4.78. The highest BCUT2D eigenvalue weighted by molar-refractivity contribution is 7.18. The Morgan fingerprint density at radius 2 is 2.22 bits per heavy atom. The molecule has 0 aromatic carbocycles. The summed E-state index contributed by atoms with van der Waals surface area (Å²) >= 11 is 1.63. The third-order valence-corrected chi connectivity index (χ3v) is 4.53. The average molecular weight is 265 g/mol. The average Bonchev–Trinajstić information content (AvgIpc) is 2.77. The number of thiophene rings is 1. The lowest BCUT2D eigenvalue weighted by Gasteiger charge is -2.10. The lowest BCUT2D eigenvalue weighted by molar-refractivity contribution is 0.181. The van der Waals surface area contributed by atoms with Crippen molar-refractivity contribution in [1.82, 2.24) is 15.0 Å².